The summed E-state index contributed by atoms with van der Waals surface area (Å²) < 4.78 is 0. The van der Waals surface area contributed by atoms with Crippen LogP contribution in [0.3, 0.4) is 0 Å². The molecule has 1 heterocycles. The van der Waals surface area contributed by atoms with Gasteiger partial charge in [-0.3, -0.25) is 9.79 Å². The normalized spacial score (nSPS) is 20.5. The molecule has 3 heteroatoms. The number of ketones is 1. The van der Waals surface area contributed by atoms with E-state index in [9.17, 15) is 4.79 Å². The van der Waals surface area contributed by atoms with E-state index >= 15 is 0 Å². The average molecular weight is 160 g/mol. The molecule has 0 fully saturated rings. The highest BCUT2D eigenvalue weighted by Gasteiger charge is 2.12. The Balaban J connectivity index is 2.36. The first kappa shape index (κ1) is 7.03. The van der Waals surface area contributed by atoms with Crippen LogP contribution in [0.15, 0.2) is 40.8 Å². The van der Waals surface area contributed by atoms with Gasteiger partial charge in [-0.15, -0.1) is 0 Å². The van der Waals surface area contributed by atoms with E-state index in [0.29, 0.717) is 6.42 Å². The molecular weight excluding hydrogens is 152 g/mol. The maximum Gasteiger partial charge on any atom is 0.161 e. The zero-order valence-electron chi connectivity index (χ0n) is 6.45. The summed E-state index contributed by atoms with van der Waals surface area (Å²) in [6.45, 7) is 0. The van der Waals surface area contributed by atoms with Crippen molar-refractivity contribution in [2.45, 2.75) is 6.42 Å². The number of aliphatic imine (C=N–C) groups is 1. The third kappa shape index (κ3) is 1.21. The van der Waals surface area contributed by atoms with Gasteiger partial charge < -0.3 is 5.32 Å². The lowest BCUT2D eigenvalue weighted by Gasteiger charge is -2.09. The molecule has 0 radical (unpaired) electrons. The first-order valence-corrected chi connectivity index (χ1v) is 3.76. The molecule has 0 atom stereocenters. The van der Waals surface area contributed by atoms with Gasteiger partial charge in [-0.1, -0.05) is 0 Å². The van der Waals surface area contributed by atoms with Crippen molar-refractivity contribution in [3.8, 4) is 0 Å². The van der Waals surface area contributed by atoms with Crippen molar-refractivity contribution >= 4 is 12.0 Å². The first-order valence-electron chi connectivity index (χ1n) is 3.76. The Morgan fingerprint density at radius 1 is 1.42 bits per heavy atom. The van der Waals surface area contributed by atoms with Gasteiger partial charge in [0.1, 0.15) is 0 Å². The van der Waals surface area contributed by atoms with E-state index in [1.54, 1.807) is 30.6 Å². The van der Waals surface area contributed by atoms with Crippen LogP contribution in [0.2, 0.25) is 0 Å². The molecule has 2 rings (SSSR count). The summed E-state index contributed by atoms with van der Waals surface area (Å²) >= 11 is 0. The van der Waals surface area contributed by atoms with E-state index in [1.807, 2.05) is 0 Å². The van der Waals surface area contributed by atoms with Gasteiger partial charge in [-0.25, -0.2) is 0 Å². The largest absolute Gasteiger partial charge is 0.363 e. The lowest BCUT2D eigenvalue weighted by molar-refractivity contribution is -0.114. The summed E-state index contributed by atoms with van der Waals surface area (Å²) in [5.41, 5.74) is 1.73. The van der Waals surface area contributed by atoms with Gasteiger partial charge in [-0.2, -0.15) is 0 Å². The van der Waals surface area contributed by atoms with Crippen LogP contribution < -0.4 is 5.32 Å². The second kappa shape index (κ2) is 2.77. The van der Waals surface area contributed by atoms with Crippen LogP contribution in [0.5, 0.6) is 0 Å². The van der Waals surface area contributed by atoms with Crippen molar-refractivity contribution in [1.82, 2.24) is 5.32 Å². The second-order valence-corrected chi connectivity index (χ2v) is 2.62. The molecule has 1 aliphatic heterocycles. The van der Waals surface area contributed by atoms with Crippen molar-refractivity contribution in [1.29, 1.82) is 0 Å². The van der Waals surface area contributed by atoms with E-state index in [4.69, 9.17) is 0 Å². The number of hydrogen-bond donors (Lipinski definition) is 1. The molecule has 0 unspecified atom stereocenters. The van der Waals surface area contributed by atoms with Gasteiger partial charge >= 0.3 is 0 Å². The summed E-state index contributed by atoms with van der Waals surface area (Å²) in [5.74, 6) is 0.117. The lowest BCUT2D eigenvalue weighted by Crippen LogP contribution is -2.13. The second-order valence-electron chi connectivity index (χ2n) is 2.62. The third-order valence-corrected chi connectivity index (χ3v) is 1.74. The molecule has 0 spiro atoms. The smallest absolute Gasteiger partial charge is 0.161 e. The third-order valence-electron chi connectivity index (χ3n) is 1.74. The molecule has 0 amide bonds. The van der Waals surface area contributed by atoms with Crippen LogP contribution in [0.25, 0.3) is 0 Å². The van der Waals surface area contributed by atoms with E-state index in [2.05, 4.69) is 10.3 Å². The predicted molar refractivity (Wildman–Crippen MR) is 46.6 cm³/mol. The molecule has 12 heavy (non-hydrogen) atoms. The van der Waals surface area contributed by atoms with Crippen LogP contribution in [0.4, 0.5) is 0 Å². The quantitative estimate of drug-likeness (QED) is 0.572. The standard InChI is InChI=1S/C9H8N2O/c12-7-2-3-8-9(6-7)11-5-1-4-10-8/h1-5,11H,6H2. The Hall–Kier alpha value is -1.64. The molecular formula is C9H8N2O. The summed E-state index contributed by atoms with van der Waals surface area (Å²) in [4.78, 5) is 15.1. The van der Waals surface area contributed by atoms with Gasteiger partial charge in [0.2, 0.25) is 0 Å². The summed E-state index contributed by atoms with van der Waals surface area (Å²) in [7, 11) is 0. The fourth-order valence-corrected chi connectivity index (χ4v) is 1.16. The van der Waals surface area contributed by atoms with Crippen molar-refractivity contribution in [2.75, 3.05) is 0 Å². The van der Waals surface area contributed by atoms with Crippen molar-refractivity contribution < 1.29 is 4.79 Å². The maximum absolute atomic E-state index is 11.0. The lowest BCUT2D eigenvalue weighted by atomic mass is 10.1. The van der Waals surface area contributed by atoms with E-state index in [0.717, 1.165) is 11.4 Å². The minimum absolute atomic E-state index is 0.117. The number of carbonyl (C=O) groups excluding carboxylic acids is 1. The summed E-state index contributed by atoms with van der Waals surface area (Å²) in [6, 6.07) is 0. The molecule has 3 nitrogen and oxygen atoms in total. The van der Waals surface area contributed by atoms with Crippen LogP contribution in [0.1, 0.15) is 6.42 Å². The fourth-order valence-electron chi connectivity index (χ4n) is 1.16. The zero-order chi connectivity index (χ0) is 8.39. The molecule has 0 aromatic heterocycles. The van der Waals surface area contributed by atoms with Crippen molar-refractivity contribution in [3.63, 3.8) is 0 Å². The molecule has 1 aliphatic carbocycles. The highest BCUT2D eigenvalue weighted by molar-refractivity contribution is 5.93. The molecule has 0 aromatic carbocycles. The van der Waals surface area contributed by atoms with Crippen LogP contribution in [-0.2, 0) is 4.79 Å². The number of rotatable bonds is 0. The van der Waals surface area contributed by atoms with E-state index in [1.165, 1.54) is 0 Å². The average Bonchev–Trinajstić information content (AvgIpc) is 2.28. The number of nitrogens with zero attached hydrogens (tertiary/aromatic N) is 1. The van der Waals surface area contributed by atoms with Gasteiger partial charge in [-0.05, 0) is 18.2 Å². The Bertz CT molecular complexity index is 334. The topological polar surface area (TPSA) is 41.5 Å². The molecule has 60 valence electrons. The Morgan fingerprint density at radius 3 is 3.25 bits per heavy atom. The number of hydrogen-bond acceptors (Lipinski definition) is 3. The molecule has 1 N–H and O–H groups in total. The molecule has 0 aromatic rings. The maximum atomic E-state index is 11.0. The Kier molecular flexibility index (Phi) is 1.63. The fraction of sp³-hybridized carbons (Fsp3) is 0.111. The van der Waals surface area contributed by atoms with Crippen LogP contribution >= 0.6 is 0 Å². The minimum Gasteiger partial charge on any atom is -0.363 e. The van der Waals surface area contributed by atoms with Gasteiger partial charge in [0.15, 0.2) is 5.78 Å². The molecule has 0 bridgehead atoms. The highest BCUT2D eigenvalue weighted by Crippen LogP contribution is 2.16. The van der Waals surface area contributed by atoms with Gasteiger partial charge in [0.25, 0.3) is 0 Å². The minimum atomic E-state index is 0.117. The first-order chi connectivity index (χ1) is 5.86. The van der Waals surface area contributed by atoms with Gasteiger partial charge in [0, 0.05) is 18.1 Å². The molecule has 0 saturated heterocycles. The highest BCUT2D eigenvalue weighted by atomic mass is 16.1. The van der Waals surface area contributed by atoms with Gasteiger partial charge in [0.05, 0.1) is 12.1 Å². The number of carbonyl (C=O) groups is 1. The van der Waals surface area contributed by atoms with Crippen LogP contribution in [-0.4, -0.2) is 12.0 Å². The predicted octanol–water partition coefficient (Wildman–Crippen LogP) is 0.915. The number of nitrogens with one attached hydrogen (secondary N) is 1. The van der Waals surface area contributed by atoms with Crippen molar-refractivity contribution in [3.05, 3.63) is 35.8 Å². The summed E-state index contributed by atoms with van der Waals surface area (Å²) in [6.07, 6.45) is 9.00. The Morgan fingerprint density at radius 2 is 2.33 bits per heavy atom. The summed E-state index contributed by atoms with van der Waals surface area (Å²) in [5, 5.41) is 3.02. The van der Waals surface area contributed by atoms with Crippen molar-refractivity contribution in [2.24, 2.45) is 4.99 Å². The van der Waals surface area contributed by atoms with Crippen LogP contribution in [0, 0.1) is 0 Å². The molecule has 0 saturated carbocycles. The molecule has 2 aliphatic rings. The Labute approximate surface area is 70.2 Å². The monoisotopic (exact) mass is 160 g/mol. The SMILES string of the molecule is O=C1C=CC2=C(C1)NC=CC=N2. The number of allylic oxidation sites excluding steroid dienone is 4. The zero-order valence-corrected chi connectivity index (χ0v) is 6.45. The van der Waals surface area contributed by atoms with E-state index in [-0.39, 0.29) is 5.78 Å². The van der Waals surface area contributed by atoms with E-state index < -0.39 is 0 Å².